The highest BCUT2D eigenvalue weighted by molar-refractivity contribution is 5.67. The monoisotopic (exact) mass is 178 g/mol. The molecular weight excluding hydrogens is 164 g/mol. The summed E-state index contributed by atoms with van der Waals surface area (Å²) in [6.45, 7) is 3.77. The van der Waals surface area contributed by atoms with Gasteiger partial charge in [0, 0.05) is 5.41 Å². The van der Waals surface area contributed by atoms with E-state index in [1.807, 2.05) is 38.1 Å². The van der Waals surface area contributed by atoms with Crippen molar-refractivity contribution in [1.82, 2.24) is 0 Å². The zero-order chi connectivity index (χ0) is 9.90. The molecule has 0 aliphatic rings. The molecule has 2 nitrogen and oxygen atoms in total. The molecule has 0 bridgehead atoms. The average Bonchev–Trinajstić information content (AvgIpc) is 2.18. The Hall–Kier alpha value is -1.31. The number of rotatable bonds is 3. The molecule has 0 aromatic heterocycles. The van der Waals surface area contributed by atoms with Gasteiger partial charge in [-0.25, -0.2) is 0 Å². The first kappa shape index (κ1) is 9.78. The summed E-state index contributed by atoms with van der Waals surface area (Å²) < 4.78 is 5.08. The number of aldehydes is 1. The number of carbonyl (C=O) groups is 1. The lowest BCUT2D eigenvalue weighted by atomic mass is 9.86. The number of benzene rings is 1. The highest BCUT2D eigenvalue weighted by Crippen LogP contribution is 2.24. The Balaban J connectivity index is 3.08. The number of carbonyl (C=O) groups excluding carboxylic acids is 1. The molecule has 0 N–H and O–H groups in total. The predicted molar refractivity (Wildman–Crippen MR) is 52.1 cm³/mol. The van der Waals surface area contributed by atoms with E-state index in [1.54, 1.807) is 7.11 Å². The van der Waals surface area contributed by atoms with Crippen molar-refractivity contribution in [2.45, 2.75) is 19.3 Å². The van der Waals surface area contributed by atoms with Gasteiger partial charge < -0.3 is 9.53 Å². The summed E-state index contributed by atoms with van der Waals surface area (Å²) in [5.41, 5.74) is 0.538. The van der Waals surface area contributed by atoms with Crippen molar-refractivity contribution >= 4 is 6.29 Å². The third-order valence-corrected chi connectivity index (χ3v) is 2.11. The fourth-order valence-electron chi connectivity index (χ4n) is 1.09. The number of methoxy groups -OCH3 is 1. The standard InChI is InChI=1S/C11H14O2/c1-11(2,8-12)9-5-4-6-10(7-9)13-3/h4-8H,1-3H3. The van der Waals surface area contributed by atoms with E-state index >= 15 is 0 Å². The smallest absolute Gasteiger partial charge is 0.129 e. The average molecular weight is 178 g/mol. The minimum Gasteiger partial charge on any atom is -0.497 e. The Labute approximate surface area is 78.5 Å². The van der Waals surface area contributed by atoms with Gasteiger partial charge >= 0.3 is 0 Å². The molecule has 70 valence electrons. The summed E-state index contributed by atoms with van der Waals surface area (Å²) in [6, 6.07) is 7.56. The van der Waals surface area contributed by atoms with E-state index in [9.17, 15) is 4.79 Å². The molecule has 0 heterocycles. The first-order valence-electron chi connectivity index (χ1n) is 4.21. The zero-order valence-corrected chi connectivity index (χ0v) is 8.20. The lowest BCUT2D eigenvalue weighted by Crippen LogP contribution is -2.18. The van der Waals surface area contributed by atoms with Gasteiger partial charge in [0.15, 0.2) is 0 Å². The predicted octanol–water partition coefficient (Wildman–Crippen LogP) is 2.17. The molecule has 0 aliphatic heterocycles. The summed E-state index contributed by atoms with van der Waals surface area (Å²) in [4.78, 5) is 10.8. The van der Waals surface area contributed by atoms with E-state index < -0.39 is 5.41 Å². The first-order chi connectivity index (χ1) is 6.10. The highest BCUT2D eigenvalue weighted by Gasteiger charge is 2.19. The molecule has 13 heavy (non-hydrogen) atoms. The van der Waals surface area contributed by atoms with E-state index in [4.69, 9.17) is 4.74 Å². The number of hydrogen-bond donors (Lipinski definition) is 0. The van der Waals surface area contributed by atoms with Gasteiger partial charge in [-0.2, -0.15) is 0 Å². The molecular formula is C11H14O2. The molecule has 1 rings (SSSR count). The van der Waals surface area contributed by atoms with E-state index in [0.29, 0.717) is 0 Å². The van der Waals surface area contributed by atoms with E-state index in [1.165, 1.54) is 0 Å². The summed E-state index contributed by atoms with van der Waals surface area (Å²) in [5, 5.41) is 0. The van der Waals surface area contributed by atoms with Gasteiger partial charge in [0.1, 0.15) is 12.0 Å². The fourth-order valence-corrected chi connectivity index (χ4v) is 1.09. The van der Waals surface area contributed by atoms with Crippen LogP contribution in [0.2, 0.25) is 0 Å². The molecule has 0 aliphatic carbocycles. The van der Waals surface area contributed by atoms with Crippen LogP contribution in [0.5, 0.6) is 5.75 Å². The minimum atomic E-state index is -0.436. The van der Waals surface area contributed by atoms with E-state index in [-0.39, 0.29) is 0 Å². The van der Waals surface area contributed by atoms with Crippen molar-refractivity contribution < 1.29 is 9.53 Å². The molecule has 0 amide bonds. The molecule has 0 atom stereocenters. The van der Waals surface area contributed by atoms with Crippen LogP contribution in [0.4, 0.5) is 0 Å². The third kappa shape index (κ3) is 2.08. The van der Waals surface area contributed by atoms with Gasteiger partial charge in [0.05, 0.1) is 7.11 Å². The fraction of sp³-hybridized carbons (Fsp3) is 0.364. The molecule has 2 heteroatoms. The Kier molecular flexibility index (Phi) is 2.71. The van der Waals surface area contributed by atoms with Gasteiger partial charge in [-0.15, -0.1) is 0 Å². The van der Waals surface area contributed by atoms with Crippen LogP contribution in [0, 0.1) is 0 Å². The van der Waals surface area contributed by atoms with E-state index in [2.05, 4.69) is 0 Å². The van der Waals surface area contributed by atoms with Crippen LogP contribution in [-0.4, -0.2) is 13.4 Å². The normalized spacial score (nSPS) is 11.0. The summed E-state index contributed by atoms with van der Waals surface area (Å²) in [5.74, 6) is 0.785. The van der Waals surface area contributed by atoms with Crippen molar-refractivity contribution in [2.24, 2.45) is 0 Å². The number of hydrogen-bond acceptors (Lipinski definition) is 2. The van der Waals surface area contributed by atoms with E-state index in [0.717, 1.165) is 17.6 Å². The zero-order valence-electron chi connectivity index (χ0n) is 8.20. The Bertz CT molecular complexity index is 303. The maximum Gasteiger partial charge on any atom is 0.129 e. The summed E-state index contributed by atoms with van der Waals surface area (Å²) in [6.07, 6.45) is 0.946. The summed E-state index contributed by atoms with van der Waals surface area (Å²) >= 11 is 0. The van der Waals surface area contributed by atoms with Crippen molar-refractivity contribution in [3.05, 3.63) is 29.8 Å². The maximum absolute atomic E-state index is 10.8. The third-order valence-electron chi connectivity index (χ3n) is 2.11. The van der Waals surface area contributed by atoms with Crippen LogP contribution in [0.25, 0.3) is 0 Å². The van der Waals surface area contributed by atoms with Gasteiger partial charge in [-0.3, -0.25) is 0 Å². The largest absolute Gasteiger partial charge is 0.497 e. The molecule has 0 unspecified atom stereocenters. The van der Waals surface area contributed by atoms with Crippen molar-refractivity contribution in [1.29, 1.82) is 0 Å². The van der Waals surface area contributed by atoms with Crippen LogP contribution in [0.1, 0.15) is 19.4 Å². The summed E-state index contributed by atoms with van der Waals surface area (Å²) in [7, 11) is 1.62. The van der Waals surface area contributed by atoms with Crippen LogP contribution in [-0.2, 0) is 10.2 Å². The first-order valence-corrected chi connectivity index (χ1v) is 4.21. The van der Waals surface area contributed by atoms with Crippen LogP contribution in [0.15, 0.2) is 24.3 Å². The molecule has 0 fully saturated rings. The molecule has 0 saturated heterocycles. The Morgan fingerprint density at radius 2 is 2.08 bits per heavy atom. The maximum atomic E-state index is 10.8. The van der Waals surface area contributed by atoms with Gasteiger partial charge in [-0.05, 0) is 31.5 Å². The van der Waals surface area contributed by atoms with Crippen molar-refractivity contribution in [3.63, 3.8) is 0 Å². The lowest BCUT2D eigenvalue weighted by molar-refractivity contribution is -0.111. The molecule has 0 radical (unpaired) electrons. The van der Waals surface area contributed by atoms with Gasteiger partial charge in [0.2, 0.25) is 0 Å². The van der Waals surface area contributed by atoms with Crippen LogP contribution >= 0.6 is 0 Å². The van der Waals surface area contributed by atoms with Gasteiger partial charge in [-0.1, -0.05) is 12.1 Å². The number of ether oxygens (including phenoxy) is 1. The Morgan fingerprint density at radius 1 is 1.38 bits per heavy atom. The molecule has 1 aromatic rings. The van der Waals surface area contributed by atoms with Crippen molar-refractivity contribution in [2.75, 3.05) is 7.11 Å². The van der Waals surface area contributed by atoms with Crippen LogP contribution < -0.4 is 4.74 Å². The lowest BCUT2D eigenvalue weighted by Gasteiger charge is -2.17. The van der Waals surface area contributed by atoms with Crippen LogP contribution in [0.3, 0.4) is 0 Å². The molecule has 1 aromatic carbocycles. The molecule has 0 saturated carbocycles. The highest BCUT2D eigenvalue weighted by atomic mass is 16.5. The topological polar surface area (TPSA) is 26.3 Å². The quantitative estimate of drug-likeness (QED) is 0.663. The second kappa shape index (κ2) is 3.60. The second-order valence-corrected chi connectivity index (χ2v) is 3.57. The second-order valence-electron chi connectivity index (χ2n) is 3.57. The SMILES string of the molecule is COc1cccc(C(C)(C)C=O)c1. The molecule has 0 spiro atoms. The van der Waals surface area contributed by atoms with Crippen molar-refractivity contribution in [3.8, 4) is 5.75 Å². The van der Waals surface area contributed by atoms with Gasteiger partial charge in [0.25, 0.3) is 0 Å². The minimum absolute atomic E-state index is 0.436. The Morgan fingerprint density at radius 3 is 2.62 bits per heavy atom.